The Morgan fingerprint density at radius 1 is 1.06 bits per heavy atom. The first-order valence-electron chi connectivity index (χ1n) is 11.7. The molecule has 6 nitrogen and oxygen atoms in total. The normalized spacial score (nSPS) is 19.1. The Morgan fingerprint density at radius 3 is 2.36 bits per heavy atom. The molecule has 1 N–H and O–H groups in total. The number of hydrogen-bond donors (Lipinski definition) is 1. The van der Waals surface area contributed by atoms with Crippen LogP contribution in [0.2, 0.25) is 5.02 Å². The van der Waals surface area contributed by atoms with Gasteiger partial charge in [0.1, 0.15) is 5.69 Å². The number of rotatable bonds is 4. The fourth-order valence-corrected chi connectivity index (χ4v) is 5.04. The van der Waals surface area contributed by atoms with E-state index in [1.165, 1.54) is 16.8 Å². The maximum atomic E-state index is 14.4. The van der Waals surface area contributed by atoms with E-state index in [0.717, 1.165) is 24.0 Å². The molecule has 1 atom stereocenters. The lowest BCUT2D eigenvalue weighted by Gasteiger charge is -2.34. The highest BCUT2D eigenvalue weighted by Crippen LogP contribution is 2.39. The molecule has 0 spiro atoms. The summed E-state index contributed by atoms with van der Waals surface area (Å²) in [6.07, 6.45) is 3.67. The van der Waals surface area contributed by atoms with E-state index in [1.807, 2.05) is 43.9 Å². The standard InChI is InChI=1S/C23H25ClFN3O3.C2H6/c1-2-27-13-10-18(25)21(23(27)31)28-11-8-14(9-12-28)15-4-3-5-16(20(15)24)17-6-7-19(29)26-22(17)30;1-2/h3-5,10,13-14,17H,2,6-9,11-12H2,1H3,(H,26,29,30);1-2H3. The molecule has 3 heterocycles. The maximum Gasteiger partial charge on any atom is 0.277 e. The van der Waals surface area contributed by atoms with Gasteiger partial charge in [0.05, 0.1) is 5.92 Å². The zero-order valence-electron chi connectivity index (χ0n) is 19.4. The van der Waals surface area contributed by atoms with Gasteiger partial charge in [-0.2, -0.15) is 0 Å². The van der Waals surface area contributed by atoms with E-state index in [-0.39, 0.29) is 29.0 Å². The highest BCUT2D eigenvalue weighted by atomic mass is 35.5. The molecule has 1 unspecified atom stereocenters. The number of carbonyl (C=O) groups is 2. The lowest BCUT2D eigenvalue weighted by atomic mass is 9.84. The van der Waals surface area contributed by atoms with Crippen LogP contribution >= 0.6 is 11.6 Å². The lowest BCUT2D eigenvalue weighted by molar-refractivity contribution is -0.134. The van der Waals surface area contributed by atoms with Gasteiger partial charge in [-0.25, -0.2) is 4.39 Å². The fourth-order valence-electron chi connectivity index (χ4n) is 4.63. The third-order valence-corrected chi connectivity index (χ3v) is 6.79. The molecule has 2 aliphatic rings. The van der Waals surface area contributed by atoms with E-state index >= 15 is 0 Å². The van der Waals surface area contributed by atoms with Crippen LogP contribution in [0.15, 0.2) is 35.3 Å². The number of nitrogens with zero attached hydrogens (tertiary/aromatic N) is 2. The number of pyridine rings is 1. The van der Waals surface area contributed by atoms with Crippen molar-refractivity contribution in [2.45, 2.75) is 64.8 Å². The first-order chi connectivity index (χ1) is 15.9. The zero-order chi connectivity index (χ0) is 24.1. The first-order valence-corrected chi connectivity index (χ1v) is 12.0. The molecule has 33 heavy (non-hydrogen) atoms. The third-order valence-electron chi connectivity index (χ3n) is 6.36. The van der Waals surface area contributed by atoms with Gasteiger partial charge < -0.3 is 9.47 Å². The molecular weight excluding hydrogens is 445 g/mol. The fraction of sp³-hybridized carbons (Fsp3) is 0.480. The molecule has 178 valence electrons. The number of benzene rings is 1. The van der Waals surface area contributed by atoms with Crippen LogP contribution < -0.4 is 15.8 Å². The number of nitrogens with one attached hydrogen (secondary N) is 1. The molecule has 2 aromatic rings. The number of piperidine rings is 2. The summed E-state index contributed by atoms with van der Waals surface area (Å²) in [5, 5.41) is 2.95. The van der Waals surface area contributed by atoms with Crippen LogP contribution in [0.1, 0.15) is 69.4 Å². The average molecular weight is 476 g/mol. The Balaban J connectivity index is 0.00000149. The Hall–Kier alpha value is -2.67. The number of aryl methyl sites for hydroxylation is 1. The molecule has 2 fully saturated rings. The quantitative estimate of drug-likeness (QED) is 0.656. The van der Waals surface area contributed by atoms with Gasteiger partial charge in [0.15, 0.2) is 5.82 Å². The molecule has 2 saturated heterocycles. The van der Waals surface area contributed by atoms with Crippen LogP contribution in [0.25, 0.3) is 0 Å². The van der Waals surface area contributed by atoms with E-state index < -0.39 is 11.7 Å². The minimum absolute atomic E-state index is 0.131. The van der Waals surface area contributed by atoms with Crippen LogP contribution in [-0.2, 0) is 16.1 Å². The number of amides is 2. The SMILES string of the molecule is CC.CCn1ccc(F)c(N2CCC(c3cccc(C4CCC(=O)NC4=O)c3Cl)CC2)c1=O. The van der Waals surface area contributed by atoms with Gasteiger partial charge in [-0.3, -0.25) is 19.7 Å². The molecule has 2 aliphatic heterocycles. The van der Waals surface area contributed by atoms with Crippen LogP contribution in [0, 0.1) is 5.82 Å². The number of aromatic nitrogens is 1. The Bertz CT molecular complexity index is 1080. The summed E-state index contributed by atoms with van der Waals surface area (Å²) >= 11 is 6.73. The van der Waals surface area contributed by atoms with Gasteiger partial charge in [0.2, 0.25) is 11.8 Å². The van der Waals surface area contributed by atoms with Crippen molar-refractivity contribution in [2.24, 2.45) is 0 Å². The molecule has 0 saturated carbocycles. The summed E-state index contributed by atoms with van der Waals surface area (Å²) in [7, 11) is 0. The van der Waals surface area contributed by atoms with Crippen molar-refractivity contribution in [2.75, 3.05) is 18.0 Å². The van der Waals surface area contributed by atoms with E-state index in [1.54, 1.807) is 0 Å². The second kappa shape index (κ2) is 11.0. The van der Waals surface area contributed by atoms with Crippen LogP contribution in [0.4, 0.5) is 10.1 Å². The van der Waals surface area contributed by atoms with Crippen molar-refractivity contribution in [3.63, 3.8) is 0 Å². The number of carbonyl (C=O) groups excluding carboxylic acids is 2. The lowest BCUT2D eigenvalue weighted by Crippen LogP contribution is -2.40. The van der Waals surface area contributed by atoms with Crippen molar-refractivity contribution in [3.8, 4) is 0 Å². The summed E-state index contributed by atoms with van der Waals surface area (Å²) in [5.74, 6) is -1.34. The first kappa shape index (κ1) is 25.0. The highest BCUT2D eigenvalue weighted by molar-refractivity contribution is 6.32. The predicted molar refractivity (Wildman–Crippen MR) is 128 cm³/mol. The summed E-state index contributed by atoms with van der Waals surface area (Å²) in [6, 6.07) is 7.04. The van der Waals surface area contributed by atoms with Crippen LogP contribution in [-0.4, -0.2) is 29.5 Å². The number of imide groups is 1. The monoisotopic (exact) mass is 475 g/mol. The molecule has 1 aromatic carbocycles. The number of anilines is 1. The smallest absolute Gasteiger partial charge is 0.277 e. The van der Waals surface area contributed by atoms with E-state index in [2.05, 4.69) is 5.32 Å². The summed E-state index contributed by atoms with van der Waals surface area (Å²) in [6.45, 7) is 7.44. The summed E-state index contributed by atoms with van der Waals surface area (Å²) in [4.78, 5) is 38.2. The molecule has 8 heteroatoms. The van der Waals surface area contributed by atoms with E-state index in [4.69, 9.17) is 11.6 Å². The molecule has 0 bridgehead atoms. The van der Waals surface area contributed by atoms with E-state index in [0.29, 0.717) is 37.5 Å². The van der Waals surface area contributed by atoms with Crippen molar-refractivity contribution >= 4 is 29.1 Å². The zero-order valence-corrected chi connectivity index (χ0v) is 20.1. The topological polar surface area (TPSA) is 71.4 Å². The van der Waals surface area contributed by atoms with Gasteiger partial charge in [-0.05, 0) is 49.3 Å². The summed E-state index contributed by atoms with van der Waals surface area (Å²) < 4.78 is 15.9. The van der Waals surface area contributed by atoms with Gasteiger partial charge in [0, 0.05) is 37.3 Å². The maximum absolute atomic E-state index is 14.4. The largest absolute Gasteiger partial charge is 0.365 e. The average Bonchev–Trinajstić information content (AvgIpc) is 2.82. The highest BCUT2D eigenvalue weighted by Gasteiger charge is 2.32. The van der Waals surface area contributed by atoms with Crippen molar-refractivity contribution in [1.82, 2.24) is 9.88 Å². The van der Waals surface area contributed by atoms with Gasteiger partial charge >= 0.3 is 0 Å². The molecule has 4 rings (SSSR count). The molecule has 0 aliphatic carbocycles. The third kappa shape index (κ3) is 5.13. The molecule has 0 radical (unpaired) electrons. The Labute approximate surface area is 198 Å². The molecular formula is C25H31ClFN3O3. The minimum Gasteiger partial charge on any atom is -0.365 e. The second-order valence-corrected chi connectivity index (χ2v) is 8.50. The predicted octanol–water partition coefficient (Wildman–Crippen LogP) is 4.59. The molecule has 2 amide bonds. The van der Waals surface area contributed by atoms with Crippen LogP contribution in [0.3, 0.4) is 0 Å². The van der Waals surface area contributed by atoms with Gasteiger partial charge in [-0.15, -0.1) is 0 Å². The van der Waals surface area contributed by atoms with Crippen molar-refractivity contribution in [3.05, 3.63) is 62.8 Å². The van der Waals surface area contributed by atoms with Gasteiger partial charge in [-0.1, -0.05) is 43.6 Å². The number of hydrogen-bond acceptors (Lipinski definition) is 4. The number of halogens is 2. The van der Waals surface area contributed by atoms with Crippen molar-refractivity contribution < 1.29 is 14.0 Å². The van der Waals surface area contributed by atoms with Crippen molar-refractivity contribution in [1.29, 1.82) is 0 Å². The second-order valence-electron chi connectivity index (χ2n) is 8.12. The Kier molecular flexibility index (Phi) is 8.30. The Morgan fingerprint density at radius 2 is 1.73 bits per heavy atom. The minimum atomic E-state index is -0.494. The van der Waals surface area contributed by atoms with Gasteiger partial charge in [0.25, 0.3) is 5.56 Å². The van der Waals surface area contributed by atoms with E-state index in [9.17, 15) is 18.8 Å². The summed E-state index contributed by atoms with van der Waals surface area (Å²) in [5.41, 5.74) is 1.53. The van der Waals surface area contributed by atoms with Crippen LogP contribution in [0.5, 0.6) is 0 Å². The molecule has 1 aromatic heterocycles.